The number of aliphatic hydroxyl groups excluding tert-OH is 1. The SMILES string of the molecule is OCCC1CCN(CC2CCOC2)C1. The van der Waals surface area contributed by atoms with Crippen LogP contribution in [0.5, 0.6) is 0 Å². The molecule has 0 spiro atoms. The van der Waals surface area contributed by atoms with Gasteiger partial charge in [0, 0.05) is 26.3 Å². The van der Waals surface area contributed by atoms with Crippen molar-refractivity contribution in [1.29, 1.82) is 0 Å². The predicted molar refractivity (Wildman–Crippen MR) is 55.2 cm³/mol. The monoisotopic (exact) mass is 199 g/mol. The maximum Gasteiger partial charge on any atom is 0.0507 e. The van der Waals surface area contributed by atoms with E-state index in [-0.39, 0.29) is 0 Å². The van der Waals surface area contributed by atoms with Crippen molar-refractivity contribution in [3.8, 4) is 0 Å². The van der Waals surface area contributed by atoms with Crippen LogP contribution < -0.4 is 0 Å². The van der Waals surface area contributed by atoms with Crippen LogP contribution in [0, 0.1) is 11.8 Å². The molecule has 2 rings (SSSR count). The first kappa shape index (κ1) is 10.4. The van der Waals surface area contributed by atoms with Crippen LogP contribution in [0.4, 0.5) is 0 Å². The van der Waals surface area contributed by atoms with Crippen LogP contribution in [0.25, 0.3) is 0 Å². The highest BCUT2D eigenvalue weighted by atomic mass is 16.5. The van der Waals surface area contributed by atoms with E-state index in [9.17, 15) is 0 Å². The van der Waals surface area contributed by atoms with Crippen LogP contribution in [0.1, 0.15) is 19.3 Å². The summed E-state index contributed by atoms with van der Waals surface area (Å²) in [5.41, 5.74) is 0. The molecule has 0 aromatic carbocycles. The molecule has 2 saturated heterocycles. The van der Waals surface area contributed by atoms with Crippen molar-refractivity contribution < 1.29 is 9.84 Å². The van der Waals surface area contributed by atoms with Crippen LogP contribution in [0.3, 0.4) is 0 Å². The Kier molecular flexibility index (Phi) is 3.79. The van der Waals surface area contributed by atoms with Gasteiger partial charge in [-0.05, 0) is 37.6 Å². The van der Waals surface area contributed by atoms with E-state index in [1.807, 2.05) is 0 Å². The van der Waals surface area contributed by atoms with Crippen molar-refractivity contribution in [2.24, 2.45) is 11.8 Å². The highest BCUT2D eigenvalue weighted by molar-refractivity contribution is 4.78. The van der Waals surface area contributed by atoms with Gasteiger partial charge in [0.25, 0.3) is 0 Å². The molecule has 0 aromatic heterocycles. The number of hydrogen-bond donors (Lipinski definition) is 1. The van der Waals surface area contributed by atoms with Crippen LogP contribution in [-0.4, -0.2) is 49.5 Å². The smallest absolute Gasteiger partial charge is 0.0507 e. The first-order valence-corrected chi connectivity index (χ1v) is 5.79. The zero-order valence-corrected chi connectivity index (χ0v) is 8.82. The Morgan fingerprint density at radius 3 is 2.93 bits per heavy atom. The van der Waals surface area contributed by atoms with Crippen molar-refractivity contribution >= 4 is 0 Å². The van der Waals surface area contributed by atoms with E-state index in [4.69, 9.17) is 9.84 Å². The van der Waals surface area contributed by atoms with E-state index in [2.05, 4.69) is 4.90 Å². The summed E-state index contributed by atoms with van der Waals surface area (Å²) in [5.74, 6) is 1.50. The molecular weight excluding hydrogens is 178 g/mol. The topological polar surface area (TPSA) is 32.7 Å². The van der Waals surface area contributed by atoms with Gasteiger partial charge >= 0.3 is 0 Å². The highest BCUT2D eigenvalue weighted by Crippen LogP contribution is 2.22. The molecule has 2 aliphatic heterocycles. The summed E-state index contributed by atoms with van der Waals surface area (Å²) in [6.07, 6.45) is 3.49. The number of ether oxygens (including phenoxy) is 1. The van der Waals surface area contributed by atoms with E-state index < -0.39 is 0 Å². The van der Waals surface area contributed by atoms with Crippen LogP contribution in [-0.2, 0) is 4.74 Å². The van der Waals surface area contributed by atoms with Gasteiger partial charge < -0.3 is 14.7 Å². The minimum Gasteiger partial charge on any atom is -0.396 e. The Morgan fingerprint density at radius 1 is 1.29 bits per heavy atom. The number of rotatable bonds is 4. The second kappa shape index (κ2) is 5.10. The minimum absolute atomic E-state index is 0.352. The first-order valence-electron chi connectivity index (χ1n) is 5.79. The Bertz CT molecular complexity index is 169. The van der Waals surface area contributed by atoms with Gasteiger partial charge in [-0.3, -0.25) is 0 Å². The molecule has 0 saturated carbocycles. The highest BCUT2D eigenvalue weighted by Gasteiger charge is 2.25. The molecule has 0 aliphatic carbocycles. The van der Waals surface area contributed by atoms with E-state index >= 15 is 0 Å². The van der Waals surface area contributed by atoms with Gasteiger partial charge in [0.05, 0.1) is 6.61 Å². The van der Waals surface area contributed by atoms with Crippen molar-refractivity contribution in [3.63, 3.8) is 0 Å². The third kappa shape index (κ3) is 2.69. The molecule has 82 valence electrons. The molecule has 2 unspecified atom stereocenters. The van der Waals surface area contributed by atoms with Crippen molar-refractivity contribution in [3.05, 3.63) is 0 Å². The Balaban J connectivity index is 1.67. The van der Waals surface area contributed by atoms with Gasteiger partial charge in [-0.1, -0.05) is 0 Å². The zero-order chi connectivity index (χ0) is 9.80. The number of nitrogens with zero attached hydrogens (tertiary/aromatic N) is 1. The van der Waals surface area contributed by atoms with Gasteiger partial charge in [-0.2, -0.15) is 0 Å². The molecular formula is C11H21NO2. The van der Waals surface area contributed by atoms with Crippen LogP contribution in [0.2, 0.25) is 0 Å². The van der Waals surface area contributed by atoms with Crippen LogP contribution in [0.15, 0.2) is 0 Å². The number of likely N-dealkylation sites (tertiary alicyclic amines) is 1. The molecule has 0 aromatic rings. The first-order chi connectivity index (χ1) is 6.88. The standard InChI is InChI=1S/C11H21NO2/c13-5-2-10-1-4-12(7-10)8-11-3-6-14-9-11/h10-11,13H,1-9H2. The lowest BCUT2D eigenvalue weighted by atomic mass is 10.1. The maximum atomic E-state index is 8.86. The van der Waals surface area contributed by atoms with Gasteiger partial charge in [0.2, 0.25) is 0 Å². The molecule has 2 aliphatic rings. The summed E-state index contributed by atoms with van der Waals surface area (Å²) in [4.78, 5) is 2.54. The molecule has 3 nitrogen and oxygen atoms in total. The largest absolute Gasteiger partial charge is 0.396 e. The van der Waals surface area contributed by atoms with Crippen LogP contribution >= 0.6 is 0 Å². The summed E-state index contributed by atoms with van der Waals surface area (Å²) in [6, 6.07) is 0. The Labute approximate surface area is 86.0 Å². The number of aliphatic hydroxyl groups is 1. The molecule has 3 heteroatoms. The molecule has 14 heavy (non-hydrogen) atoms. The third-order valence-electron chi connectivity index (χ3n) is 3.45. The van der Waals surface area contributed by atoms with Gasteiger partial charge in [-0.25, -0.2) is 0 Å². The lowest BCUT2D eigenvalue weighted by molar-refractivity contribution is 0.172. The normalized spacial score (nSPS) is 34.1. The van der Waals surface area contributed by atoms with E-state index in [0.29, 0.717) is 6.61 Å². The average Bonchev–Trinajstić information content (AvgIpc) is 2.79. The van der Waals surface area contributed by atoms with Crippen molar-refractivity contribution in [2.45, 2.75) is 19.3 Å². The van der Waals surface area contributed by atoms with Gasteiger partial charge in [0.1, 0.15) is 0 Å². The molecule has 0 bridgehead atoms. The molecule has 2 fully saturated rings. The fourth-order valence-electron chi connectivity index (χ4n) is 2.59. The van der Waals surface area contributed by atoms with E-state index in [1.165, 1.54) is 32.5 Å². The summed E-state index contributed by atoms with van der Waals surface area (Å²) in [7, 11) is 0. The molecule has 0 amide bonds. The fraction of sp³-hybridized carbons (Fsp3) is 1.00. The van der Waals surface area contributed by atoms with Crippen molar-refractivity contribution in [2.75, 3.05) is 39.5 Å². The second-order valence-corrected chi connectivity index (χ2v) is 4.66. The summed E-state index contributed by atoms with van der Waals surface area (Å²) >= 11 is 0. The fourth-order valence-corrected chi connectivity index (χ4v) is 2.59. The minimum atomic E-state index is 0.352. The Morgan fingerprint density at radius 2 is 2.21 bits per heavy atom. The summed E-state index contributed by atoms with van der Waals surface area (Å²) in [6.45, 7) is 5.89. The average molecular weight is 199 g/mol. The Hall–Kier alpha value is -0.120. The maximum absolute atomic E-state index is 8.86. The molecule has 1 N–H and O–H groups in total. The zero-order valence-electron chi connectivity index (χ0n) is 8.82. The third-order valence-corrected chi connectivity index (χ3v) is 3.45. The van der Waals surface area contributed by atoms with E-state index in [0.717, 1.165) is 31.5 Å². The van der Waals surface area contributed by atoms with E-state index in [1.54, 1.807) is 0 Å². The molecule has 0 radical (unpaired) electrons. The molecule has 2 heterocycles. The summed E-state index contributed by atoms with van der Waals surface area (Å²) < 4.78 is 5.38. The lowest BCUT2D eigenvalue weighted by Crippen LogP contribution is -2.27. The quantitative estimate of drug-likeness (QED) is 0.724. The second-order valence-electron chi connectivity index (χ2n) is 4.66. The molecule has 2 atom stereocenters. The lowest BCUT2D eigenvalue weighted by Gasteiger charge is -2.19. The number of hydrogen-bond acceptors (Lipinski definition) is 3. The predicted octanol–water partition coefficient (Wildman–Crippen LogP) is 0.727. The van der Waals surface area contributed by atoms with Gasteiger partial charge in [-0.15, -0.1) is 0 Å². The van der Waals surface area contributed by atoms with Crippen molar-refractivity contribution in [1.82, 2.24) is 4.90 Å². The van der Waals surface area contributed by atoms with Gasteiger partial charge in [0.15, 0.2) is 0 Å². The summed E-state index contributed by atoms with van der Waals surface area (Å²) in [5, 5.41) is 8.86.